The van der Waals surface area contributed by atoms with E-state index in [1.807, 2.05) is 0 Å². The van der Waals surface area contributed by atoms with Gasteiger partial charge in [-0.25, -0.2) is 4.79 Å². The van der Waals surface area contributed by atoms with Crippen molar-refractivity contribution in [3.05, 3.63) is 57.0 Å². The van der Waals surface area contributed by atoms with E-state index >= 15 is 0 Å². The predicted octanol–water partition coefficient (Wildman–Crippen LogP) is -1.16. The van der Waals surface area contributed by atoms with Gasteiger partial charge in [0, 0.05) is 22.8 Å². The van der Waals surface area contributed by atoms with Crippen LogP contribution in [0.25, 0.3) is 10.9 Å². The molecule has 0 spiro atoms. The Morgan fingerprint density at radius 2 is 2.11 bits per heavy atom. The first-order valence-electron chi connectivity index (χ1n) is 8.32. The molecule has 2 aromatic heterocycles. The lowest BCUT2D eigenvalue weighted by molar-refractivity contribution is -0.127. The van der Waals surface area contributed by atoms with Gasteiger partial charge < -0.3 is 15.7 Å². The summed E-state index contributed by atoms with van der Waals surface area (Å²) < 4.78 is 1.00. The number of carbonyl (C=O) groups excluding carboxylic acids is 2. The van der Waals surface area contributed by atoms with Crippen LogP contribution in [0.4, 0.5) is 5.69 Å². The van der Waals surface area contributed by atoms with Crippen molar-refractivity contribution in [3.63, 3.8) is 0 Å². The summed E-state index contributed by atoms with van der Waals surface area (Å²) in [7, 11) is 0. The second-order valence-electron chi connectivity index (χ2n) is 6.16. The monoisotopic (exact) mass is 386 g/mol. The summed E-state index contributed by atoms with van der Waals surface area (Å²) in [5.41, 5.74) is 0.155. The van der Waals surface area contributed by atoms with Crippen LogP contribution < -0.4 is 21.9 Å². The molecular weight excluding hydrogens is 368 g/mol. The molecular formula is C17H18N6O5. The van der Waals surface area contributed by atoms with Crippen LogP contribution in [0, 0.1) is 6.92 Å². The first kappa shape index (κ1) is 19.0. The number of aliphatic hydroxyl groups is 1. The summed E-state index contributed by atoms with van der Waals surface area (Å²) >= 11 is 0. The molecule has 1 unspecified atom stereocenters. The normalized spacial score (nSPS) is 11.9. The summed E-state index contributed by atoms with van der Waals surface area (Å²) in [5, 5.41) is 21.9. The molecule has 1 aromatic carbocycles. The Balaban J connectivity index is 1.66. The number of nitrogens with one attached hydrogen (secondary N) is 4. The molecule has 0 saturated heterocycles. The SMILES string of the molecule is Cc1cn(CC(=O)NC(CO)C(=O)Nc2ccc3cn[nH]c3c2)c(=O)[nH]c1=O. The second kappa shape index (κ2) is 7.88. The highest BCUT2D eigenvalue weighted by molar-refractivity contribution is 5.98. The third-order valence-electron chi connectivity index (χ3n) is 4.05. The van der Waals surface area contributed by atoms with E-state index in [9.17, 15) is 24.3 Å². The largest absolute Gasteiger partial charge is 0.394 e. The molecule has 2 amide bonds. The van der Waals surface area contributed by atoms with E-state index in [0.717, 1.165) is 15.5 Å². The lowest BCUT2D eigenvalue weighted by Gasteiger charge is -2.16. The van der Waals surface area contributed by atoms with Crippen molar-refractivity contribution in [3.8, 4) is 0 Å². The Labute approximate surface area is 157 Å². The fraction of sp³-hybridized carbons (Fsp3) is 0.235. The van der Waals surface area contributed by atoms with Gasteiger partial charge in [0.1, 0.15) is 12.6 Å². The molecule has 1 atom stereocenters. The summed E-state index contributed by atoms with van der Waals surface area (Å²) in [5.74, 6) is -1.30. The van der Waals surface area contributed by atoms with Gasteiger partial charge in [0.15, 0.2) is 0 Å². The number of hydrogen-bond acceptors (Lipinski definition) is 6. The van der Waals surface area contributed by atoms with E-state index in [1.54, 1.807) is 24.4 Å². The van der Waals surface area contributed by atoms with Crippen molar-refractivity contribution in [2.45, 2.75) is 19.5 Å². The first-order chi connectivity index (χ1) is 13.4. The van der Waals surface area contributed by atoms with Crippen LogP contribution in [-0.2, 0) is 16.1 Å². The summed E-state index contributed by atoms with van der Waals surface area (Å²) in [6.45, 7) is 0.441. The van der Waals surface area contributed by atoms with Crippen molar-refractivity contribution in [2.24, 2.45) is 0 Å². The van der Waals surface area contributed by atoms with Crippen LogP contribution in [0.3, 0.4) is 0 Å². The number of aryl methyl sites for hydroxylation is 1. The van der Waals surface area contributed by atoms with E-state index in [4.69, 9.17) is 0 Å². The maximum absolute atomic E-state index is 12.3. The molecule has 2 heterocycles. The molecule has 3 rings (SSSR count). The van der Waals surface area contributed by atoms with Crippen molar-refractivity contribution in [2.75, 3.05) is 11.9 Å². The fourth-order valence-electron chi connectivity index (χ4n) is 2.57. The Morgan fingerprint density at radius 1 is 1.32 bits per heavy atom. The number of amides is 2. The number of H-pyrrole nitrogens is 2. The van der Waals surface area contributed by atoms with Gasteiger partial charge in [0.05, 0.1) is 18.3 Å². The maximum atomic E-state index is 12.3. The molecule has 5 N–H and O–H groups in total. The van der Waals surface area contributed by atoms with Gasteiger partial charge in [-0.15, -0.1) is 0 Å². The van der Waals surface area contributed by atoms with Gasteiger partial charge in [-0.3, -0.25) is 29.0 Å². The van der Waals surface area contributed by atoms with Gasteiger partial charge in [-0.1, -0.05) is 0 Å². The smallest absolute Gasteiger partial charge is 0.328 e. The summed E-state index contributed by atoms with van der Waals surface area (Å²) in [6.07, 6.45) is 2.88. The van der Waals surface area contributed by atoms with Crippen molar-refractivity contribution in [1.29, 1.82) is 0 Å². The Bertz CT molecular complexity index is 1140. The Hall–Kier alpha value is -3.73. The molecule has 11 nitrogen and oxygen atoms in total. The van der Waals surface area contributed by atoms with Crippen LogP contribution in [0.5, 0.6) is 0 Å². The van der Waals surface area contributed by atoms with E-state index in [1.165, 1.54) is 13.1 Å². The Morgan fingerprint density at radius 3 is 2.86 bits per heavy atom. The van der Waals surface area contributed by atoms with E-state index < -0.39 is 42.3 Å². The third kappa shape index (κ3) is 4.15. The van der Waals surface area contributed by atoms with Crippen molar-refractivity contribution in [1.82, 2.24) is 25.1 Å². The molecule has 0 bridgehead atoms. The fourth-order valence-corrected chi connectivity index (χ4v) is 2.57. The highest BCUT2D eigenvalue weighted by Gasteiger charge is 2.20. The molecule has 0 saturated carbocycles. The predicted molar refractivity (Wildman–Crippen MR) is 99.8 cm³/mol. The van der Waals surface area contributed by atoms with Crippen LogP contribution in [0.15, 0.2) is 40.2 Å². The molecule has 3 aromatic rings. The van der Waals surface area contributed by atoms with Crippen LogP contribution >= 0.6 is 0 Å². The molecule has 0 aliphatic rings. The first-order valence-corrected chi connectivity index (χ1v) is 8.32. The topological polar surface area (TPSA) is 162 Å². The molecule has 11 heteroatoms. The number of hydrogen-bond donors (Lipinski definition) is 5. The molecule has 28 heavy (non-hydrogen) atoms. The lowest BCUT2D eigenvalue weighted by Crippen LogP contribution is -2.48. The zero-order valence-corrected chi connectivity index (χ0v) is 14.9. The van der Waals surface area contributed by atoms with Crippen LogP contribution in [0.1, 0.15) is 5.56 Å². The standard InChI is InChI=1S/C17H18N6O5/c1-9-6-23(17(28)21-15(9)26)7-14(25)20-13(8-24)16(27)19-11-3-2-10-5-18-22-12(10)4-11/h2-6,13,24H,7-8H2,1H3,(H,18,22)(H,19,27)(H,20,25)(H,21,26,28). The average Bonchev–Trinajstić information content (AvgIpc) is 3.11. The zero-order chi connectivity index (χ0) is 20.3. The number of aromatic nitrogens is 4. The van der Waals surface area contributed by atoms with Gasteiger partial charge in [-0.05, 0) is 25.1 Å². The molecule has 146 valence electrons. The second-order valence-corrected chi connectivity index (χ2v) is 6.16. The number of benzene rings is 1. The summed E-state index contributed by atoms with van der Waals surface area (Å²) in [6, 6.07) is 3.87. The molecule has 0 aliphatic heterocycles. The average molecular weight is 386 g/mol. The van der Waals surface area contributed by atoms with Gasteiger partial charge in [0.25, 0.3) is 5.56 Å². The number of fused-ring (bicyclic) bond motifs is 1. The number of aliphatic hydroxyl groups excluding tert-OH is 1. The third-order valence-corrected chi connectivity index (χ3v) is 4.05. The summed E-state index contributed by atoms with van der Waals surface area (Å²) in [4.78, 5) is 49.7. The van der Waals surface area contributed by atoms with Crippen molar-refractivity contribution < 1.29 is 14.7 Å². The molecule has 0 fully saturated rings. The van der Waals surface area contributed by atoms with Crippen molar-refractivity contribution >= 4 is 28.4 Å². The van der Waals surface area contributed by atoms with E-state index in [-0.39, 0.29) is 5.56 Å². The lowest BCUT2D eigenvalue weighted by atomic mass is 10.2. The Kier molecular flexibility index (Phi) is 5.36. The minimum atomic E-state index is -1.22. The number of anilines is 1. The molecule has 0 radical (unpaired) electrons. The van der Waals surface area contributed by atoms with E-state index in [0.29, 0.717) is 5.69 Å². The number of aromatic amines is 2. The minimum Gasteiger partial charge on any atom is -0.394 e. The van der Waals surface area contributed by atoms with Crippen LogP contribution in [-0.4, -0.2) is 49.3 Å². The minimum absolute atomic E-state index is 0.262. The zero-order valence-electron chi connectivity index (χ0n) is 14.9. The van der Waals surface area contributed by atoms with Gasteiger partial charge in [-0.2, -0.15) is 5.10 Å². The number of rotatable bonds is 6. The molecule has 0 aliphatic carbocycles. The number of carbonyl (C=O) groups is 2. The highest BCUT2D eigenvalue weighted by Crippen LogP contribution is 2.16. The van der Waals surface area contributed by atoms with Gasteiger partial charge >= 0.3 is 5.69 Å². The maximum Gasteiger partial charge on any atom is 0.328 e. The quantitative estimate of drug-likeness (QED) is 0.359. The number of nitrogens with zero attached hydrogens (tertiary/aromatic N) is 2. The highest BCUT2D eigenvalue weighted by atomic mass is 16.3. The van der Waals surface area contributed by atoms with Gasteiger partial charge in [0.2, 0.25) is 11.8 Å². The van der Waals surface area contributed by atoms with Crippen LogP contribution in [0.2, 0.25) is 0 Å². The van der Waals surface area contributed by atoms with E-state index in [2.05, 4.69) is 25.8 Å².